The second-order valence-electron chi connectivity index (χ2n) is 15.0. The van der Waals surface area contributed by atoms with Gasteiger partial charge in [-0.3, -0.25) is 14.4 Å². The van der Waals surface area contributed by atoms with E-state index in [-0.39, 0.29) is 26.1 Å². The number of carbonyl (C=O) groups is 4. The molecule has 0 saturated carbocycles. The smallest absolute Gasteiger partial charge is 0.408 e. The van der Waals surface area contributed by atoms with Crippen molar-refractivity contribution in [1.82, 2.24) is 16.0 Å². The highest BCUT2D eigenvalue weighted by molar-refractivity contribution is 5.86. The minimum Gasteiger partial charge on any atom is -0.497 e. The van der Waals surface area contributed by atoms with Gasteiger partial charge in [-0.2, -0.15) is 0 Å². The first-order valence-electron chi connectivity index (χ1n) is 19.5. The number of ether oxygens (including phenoxy) is 4. The highest BCUT2D eigenvalue weighted by atomic mass is 16.6. The van der Waals surface area contributed by atoms with E-state index in [4.69, 9.17) is 18.9 Å². The van der Waals surface area contributed by atoms with Crippen LogP contribution in [-0.4, -0.2) is 101 Å². The first-order valence-corrected chi connectivity index (χ1v) is 19.5. The maximum Gasteiger partial charge on any atom is 0.408 e. The average molecular weight is 830 g/mol. The molecule has 15 nitrogen and oxygen atoms in total. The molecule has 0 fully saturated rings. The zero-order valence-corrected chi connectivity index (χ0v) is 34.1. The number of amides is 3. The summed E-state index contributed by atoms with van der Waals surface area (Å²) in [7, 11) is 1.55. The van der Waals surface area contributed by atoms with Gasteiger partial charge < -0.3 is 55.3 Å². The number of methoxy groups -OCH3 is 1. The van der Waals surface area contributed by atoms with Gasteiger partial charge in [-0.1, -0.05) is 103 Å². The van der Waals surface area contributed by atoms with Crippen molar-refractivity contribution in [2.45, 2.75) is 88.4 Å². The van der Waals surface area contributed by atoms with Crippen LogP contribution in [0.15, 0.2) is 115 Å². The van der Waals surface area contributed by atoms with Crippen LogP contribution >= 0.6 is 0 Å². The molecule has 322 valence electrons. The van der Waals surface area contributed by atoms with Gasteiger partial charge in [0.2, 0.25) is 5.91 Å². The molecule has 0 unspecified atom stereocenters. The van der Waals surface area contributed by atoms with Crippen molar-refractivity contribution in [2.24, 2.45) is 0 Å². The van der Waals surface area contributed by atoms with E-state index in [1.807, 2.05) is 60.7 Å². The first kappa shape index (κ1) is 46.8. The van der Waals surface area contributed by atoms with Crippen LogP contribution < -0.4 is 20.7 Å². The molecule has 0 aliphatic carbocycles. The molecule has 0 spiro atoms. The summed E-state index contributed by atoms with van der Waals surface area (Å²) in [5.74, 6) is -2.06. The van der Waals surface area contributed by atoms with E-state index < -0.39 is 78.6 Å². The van der Waals surface area contributed by atoms with Crippen molar-refractivity contribution in [3.8, 4) is 5.75 Å². The number of aliphatic hydroxyl groups is 4. The summed E-state index contributed by atoms with van der Waals surface area (Å²) >= 11 is 0. The summed E-state index contributed by atoms with van der Waals surface area (Å²) in [6.07, 6.45) is -8.74. The Morgan fingerprint density at radius 3 is 1.75 bits per heavy atom. The summed E-state index contributed by atoms with van der Waals surface area (Å²) < 4.78 is 22.1. The number of esters is 1. The molecule has 3 amide bonds. The molecule has 4 aromatic rings. The van der Waals surface area contributed by atoms with Crippen LogP contribution in [-0.2, 0) is 35.2 Å². The van der Waals surface area contributed by atoms with E-state index in [0.717, 1.165) is 16.7 Å². The topological polar surface area (TPSA) is 222 Å². The minimum absolute atomic E-state index is 0.0109. The van der Waals surface area contributed by atoms with E-state index in [0.29, 0.717) is 11.3 Å². The number of carbonyl (C=O) groups excluding carboxylic acids is 4. The lowest BCUT2D eigenvalue weighted by atomic mass is 9.98. The molecule has 0 aliphatic rings. The number of hydrogen-bond acceptors (Lipinski definition) is 12. The normalized spacial score (nSPS) is 14.4. The molecule has 6 atom stereocenters. The molecule has 0 saturated heterocycles. The van der Waals surface area contributed by atoms with Gasteiger partial charge in [0, 0.05) is 13.0 Å². The zero-order valence-electron chi connectivity index (χ0n) is 34.1. The van der Waals surface area contributed by atoms with Crippen LogP contribution in [0.2, 0.25) is 0 Å². The molecule has 4 aromatic carbocycles. The molecule has 0 aliphatic heterocycles. The van der Waals surface area contributed by atoms with Crippen molar-refractivity contribution in [1.29, 1.82) is 0 Å². The third kappa shape index (κ3) is 14.8. The van der Waals surface area contributed by atoms with Gasteiger partial charge in [-0.05, 0) is 55.2 Å². The SMILES string of the molecule is COc1ccc(COCC[C@H](NC(=O)OC(C)(C)C)C(=O)N[C@@H](CO)[C@@H](O)[C@@H](O)[C@H](O)C(=O)N[C@@H](CC(=O)OC(c2ccccc2)c2ccccc2)c2ccccc2)cc1. The Morgan fingerprint density at radius 1 is 0.683 bits per heavy atom. The Kier molecular flexibility index (Phi) is 18.0. The van der Waals surface area contributed by atoms with Crippen LogP contribution in [0, 0.1) is 0 Å². The second kappa shape index (κ2) is 23.1. The lowest BCUT2D eigenvalue weighted by Gasteiger charge is -2.31. The largest absolute Gasteiger partial charge is 0.497 e. The maximum absolute atomic E-state index is 13.5. The molecule has 0 radical (unpaired) electrons. The van der Waals surface area contributed by atoms with Gasteiger partial charge in [0.1, 0.15) is 29.6 Å². The lowest BCUT2D eigenvalue weighted by molar-refractivity contribution is -0.149. The molecule has 0 aromatic heterocycles. The minimum atomic E-state index is -2.29. The standard InChI is InChI=1S/C45H55N3O12/c1-45(2,3)60-44(56)48-34(24-25-58-28-29-20-22-33(57-4)23-21-29)42(54)47-36(27-49)38(51)39(52)40(53)43(55)46-35(30-14-8-5-9-15-30)26-37(50)59-41(31-16-10-6-11-17-31)32-18-12-7-13-19-32/h5-23,34-36,38-41,49,51-53H,24-28H2,1-4H3,(H,46,55)(H,47,54)(H,48,56)/t34-,35-,36-,38+,39+,40-/m0/s1. The fourth-order valence-electron chi connectivity index (χ4n) is 6.06. The number of alkyl carbamates (subject to hydrolysis) is 1. The number of aliphatic hydroxyl groups excluding tert-OH is 4. The molecule has 60 heavy (non-hydrogen) atoms. The Hall–Kier alpha value is -5.84. The van der Waals surface area contributed by atoms with E-state index >= 15 is 0 Å². The van der Waals surface area contributed by atoms with Gasteiger partial charge in [0.25, 0.3) is 5.91 Å². The second-order valence-corrected chi connectivity index (χ2v) is 15.0. The number of benzene rings is 4. The quantitative estimate of drug-likeness (QED) is 0.0473. The number of hydrogen-bond donors (Lipinski definition) is 7. The Balaban J connectivity index is 1.42. The monoisotopic (exact) mass is 829 g/mol. The first-order chi connectivity index (χ1) is 28.7. The highest BCUT2D eigenvalue weighted by Crippen LogP contribution is 2.28. The van der Waals surface area contributed by atoms with Gasteiger partial charge in [0.05, 0.1) is 38.8 Å². The van der Waals surface area contributed by atoms with Crippen molar-refractivity contribution in [3.63, 3.8) is 0 Å². The Morgan fingerprint density at radius 2 is 1.23 bits per heavy atom. The van der Waals surface area contributed by atoms with Crippen LogP contribution in [0.4, 0.5) is 4.79 Å². The molecule has 0 bridgehead atoms. The summed E-state index contributed by atoms with van der Waals surface area (Å²) in [5.41, 5.74) is 1.86. The van der Waals surface area contributed by atoms with Crippen LogP contribution in [0.5, 0.6) is 5.75 Å². The fraction of sp³-hybridized carbons (Fsp3) is 0.378. The molecule has 0 heterocycles. The van der Waals surface area contributed by atoms with E-state index in [1.165, 1.54) is 0 Å². The Bertz CT molecular complexity index is 1890. The van der Waals surface area contributed by atoms with Gasteiger partial charge in [0.15, 0.2) is 12.2 Å². The van der Waals surface area contributed by atoms with Crippen LogP contribution in [0.3, 0.4) is 0 Å². The molecular weight excluding hydrogens is 775 g/mol. The van der Waals surface area contributed by atoms with E-state index in [2.05, 4.69) is 16.0 Å². The van der Waals surface area contributed by atoms with Crippen molar-refractivity contribution >= 4 is 23.9 Å². The van der Waals surface area contributed by atoms with Crippen molar-refractivity contribution in [2.75, 3.05) is 20.3 Å². The van der Waals surface area contributed by atoms with E-state index in [9.17, 15) is 39.6 Å². The fourth-order valence-corrected chi connectivity index (χ4v) is 6.06. The predicted octanol–water partition coefficient (Wildman–Crippen LogP) is 3.64. The van der Waals surface area contributed by atoms with E-state index in [1.54, 1.807) is 82.5 Å². The Labute approximate surface area is 349 Å². The van der Waals surface area contributed by atoms with Crippen LogP contribution in [0.1, 0.15) is 68.0 Å². The average Bonchev–Trinajstić information content (AvgIpc) is 3.25. The zero-order chi connectivity index (χ0) is 43.7. The molecule has 4 rings (SSSR count). The van der Waals surface area contributed by atoms with Crippen molar-refractivity contribution < 1.29 is 58.6 Å². The van der Waals surface area contributed by atoms with Crippen LogP contribution in [0.25, 0.3) is 0 Å². The highest BCUT2D eigenvalue weighted by Gasteiger charge is 2.38. The summed E-state index contributed by atoms with van der Waals surface area (Å²) in [5, 5.41) is 50.6. The van der Waals surface area contributed by atoms with Gasteiger partial charge in [-0.15, -0.1) is 0 Å². The summed E-state index contributed by atoms with van der Waals surface area (Å²) in [4.78, 5) is 53.2. The lowest BCUT2D eigenvalue weighted by Crippen LogP contribution is -2.59. The van der Waals surface area contributed by atoms with Crippen molar-refractivity contribution in [3.05, 3.63) is 138 Å². The maximum atomic E-state index is 13.5. The number of rotatable bonds is 21. The molecule has 15 heteroatoms. The van der Waals surface area contributed by atoms with Gasteiger partial charge >= 0.3 is 12.1 Å². The third-order valence-electron chi connectivity index (χ3n) is 9.21. The predicted molar refractivity (Wildman–Crippen MR) is 220 cm³/mol. The third-order valence-corrected chi connectivity index (χ3v) is 9.21. The molecular formula is C45H55N3O12. The van der Waals surface area contributed by atoms with Gasteiger partial charge in [-0.25, -0.2) is 4.79 Å². The summed E-state index contributed by atoms with van der Waals surface area (Å²) in [6.45, 7) is 4.16. The summed E-state index contributed by atoms with van der Waals surface area (Å²) in [6, 6.07) is 29.9. The molecule has 7 N–H and O–H groups in total. The number of nitrogens with one attached hydrogen (secondary N) is 3.